The highest BCUT2D eigenvalue weighted by atomic mass is 35.5. The fraction of sp³-hybridized carbons (Fsp3) is 0.667. The van der Waals surface area contributed by atoms with Crippen LogP contribution in [0.1, 0.15) is 58.6 Å². The van der Waals surface area contributed by atoms with Gasteiger partial charge in [0.2, 0.25) is 0 Å². The molecule has 1 aromatic carbocycles. The zero-order valence-electron chi connectivity index (χ0n) is 13.6. The molecule has 118 valence electrons. The first-order valence-electron chi connectivity index (χ1n) is 8.10. The molecule has 0 aliphatic heterocycles. The molecular weight excluding hydrogens is 282 g/mol. The minimum atomic E-state index is -0.0512. The second-order valence-corrected chi connectivity index (χ2v) is 7.36. The van der Waals surface area contributed by atoms with Crippen LogP contribution < -0.4 is 10.5 Å². The summed E-state index contributed by atoms with van der Waals surface area (Å²) in [6.07, 6.45) is 4.00. The first kappa shape index (κ1) is 16.6. The predicted molar refractivity (Wildman–Crippen MR) is 89.8 cm³/mol. The monoisotopic (exact) mass is 309 g/mol. The molecule has 4 unspecified atom stereocenters. The molecule has 0 spiro atoms. The lowest BCUT2D eigenvalue weighted by Gasteiger charge is -2.37. The van der Waals surface area contributed by atoms with E-state index in [0.717, 1.165) is 23.7 Å². The normalized spacial score (nSPS) is 27.7. The van der Waals surface area contributed by atoms with E-state index in [0.29, 0.717) is 23.0 Å². The van der Waals surface area contributed by atoms with E-state index in [1.165, 1.54) is 12.8 Å². The highest BCUT2D eigenvalue weighted by Gasteiger charge is 2.32. The van der Waals surface area contributed by atoms with Crippen molar-refractivity contribution in [1.82, 2.24) is 0 Å². The van der Waals surface area contributed by atoms with Crippen LogP contribution in [0.2, 0.25) is 5.02 Å². The summed E-state index contributed by atoms with van der Waals surface area (Å²) in [5.74, 6) is 2.90. The number of benzene rings is 1. The molecule has 2 nitrogen and oxygen atoms in total. The number of halogens is 1. The van der Waals surface area contributed by atoms with Crippen LogP contribution >= 0.6 is 11.6 Å². The van der Waals surface area contributed by atoms with Gasteiger partial charge in [-0.2, -0.15) is 0 Å². The van der Waals surface area contributed by atoms with Crippen molar-refractivity contribution in [2.45, 2.75) is 59.1 Å². The summed E-state index contributed by atoms with van der Waals surface area (Å²) in [6, 6.07) is 5.85. The average molecular weight is 310 g/mol. The molecule has 0 saturated heterocycles. The molecule has 4 atom stereocenters. The molecule has 21 heavy (non-hydrogen) atoms. The number of nitrogens with two attached hydrogens (primary N) is 1. The lowest BCUT2D eigenvalue weighted by atomic mass is 9.75. The molecule has 2 rings (SSSR count). The zero-order chi connectivity index (χ0) is 15.6. The van der Waals surface area contributed by atoms with Crippen molar-refractivity contribution in [3.05, 3.63) is 28.8 Å². The second kappa shape index (κ2) is 7.02. The van der Waals surface area contributed by atoms with Gasteiger partial charge in [0.05, 0.1) is 0 Å². The van der Waals surface area contributed by atoms with Gasteiger partial charge in [0.15, 0.2) is 0 Å². The van der Waals surface area contributed by atoms with Gasteiger partial charge in [-0.3, -0.25) is 0 Å². The minimum Gasteiger partial charge on any atom is -0.490 e. The molecule has 1 aliphatic rings. The summed E-state index contributed by atoms with van der Waals surface area (Å²) >= 11 is 6.31. The maximum absolute atomic E-state index is 6.31. The summed E-state index contributed by atoms with van der Waals surface area (Å²) in [6.45, 7) is 8.85. The Morgan fingerprint density at radius 3 is 2.52 bits per heavy atom. The molecule has 1 aliphatic carbocycles. The zero-order valence-corrected chi connectivity index (χ0v) is 14.4. The van der Waals surface area contributed by atoms with Crippen molar-refractivity contribution in [3.63, 3.8) is 0 Å². The van der Waals surface area contributed by atoms with Crippen LogP contribution in [-0.4, -0.2) is 6.10 Å². The van der Waals surface area contributed by atoms with E-state index in [9.17, 15) is 0 Å². The molecule has 1 saturated carbocycles. The van der Waals surface area contributed by atoms with Gasteiger partial charge < -0.3 is 10.5 Å². The van der Waals surface area contributed by atoms with Crippen LogP contribution in [0.5, 0.6) is 5.75 Å². The Bertz CT molecular complexity index is 472. The van der Waals surface area contributed by atoms with Gasteiger partial charge in [-0.15, -0.1) is 0 Å². The lowest BCUT2D eigenvalue weighted by molar-refractivity contribution is 0.0460. The van der Waals surface area contributed by atoms with Crippen LogP contribution in [-0.2, 0) is 0 Å². The lowest BCUT2D eigenvalue weighted by Crippen LogP contribution is -2.36. The maximum Gasteiger partial charge on any atom is 0.121 e. The molecule has 3 heteroatoms. The summed E-state index contributed by atoms with van der Waals surface area (Å²) in [5.41, 5.74) is 6.88. The van der Waals surface area contributed by atoms with Crippen molar-refractivity contribution < 1.29 is 4.74 Å². The summed E-state index contributed by atoms with van der Waals surface area (Å²) in [4.78, 5) is 0. The molecule has 0 aromatic heterocycles. The SMILES string of the molecule is CC1CCC(C(C)C)C(Oc2ccc(C(C)N)c(Cl)c2)C1. The van der Waals surface area contributed by atoms with Crippen LogP contribution in [0.25, 0.3) is 0 Å². The largest absolute Gasteiger partial charge is 0.490 e. The third-order valence-electron chi connectivity index (χ3n) is 4.71. The third kappa shape index (κ3) is 4.14. The van der Waals surface area contributed by atoms with Crippen LogP contribution in [0.15, 0.2) is 18.2 Å². The van der Waals surface area contributed by atoms with Gasteiger partial charge >= 0.3 is 0 Å². The van der Waals surface area contributed by atoms with E-state index in [-0.39, 0.29) is 6.04 Å². The van der Waals surface area contributed by atoms with Gasteiger partial charge in [-0.25, -0.2) is 0 Å². The van der Waals surface area contributed by atoms with E-state index < -0.39 is 0 Å². The number of hydrogen-bond acceptors (Lipinski definition) is 2. The van der Waals surface area contributed by atoms with Crippen LogP contribution in [0.4, 0.5) is 0 Å². The summed E-state index contributed by atoms with van der Waals surface area (Å²) in [5, 5.41) is 0.701. The Morgan fingerprint density at radius 2 is 1.95 bits per heavy atom. The molecule has 0 bridgehead atoms. The van der Waals surface area contributed by atoms with Gasteiger partial charge in [0.25, 0.3) is 0 Å². The second-order valence-electron chi connectivity index (χ2n) is 6.95. The quantitative estimate of drug-likeness (QED) is 0.829. The van der Waals surface area contributed by atoms with Gasteiger partial charge in [-0.05, 0) is 55.2 Å². The van der Waals surface area contributed by atoms with E-state index in [1.54, 1.807) is 0 Å². The fourth-order valence-corrected chi connectivity index (χ4v) is 3.72. The Balaban J connectivity index is 2.13. The van der Waals surface area contributed by atoms with Crippen LogP contribution in [0.3, 0.4) is 0 Å². The van der Waals surface area contributed by atoms with E-state index in [2.05, 4.69) is 20.8 Å². The topological polar surface area (TPSA) is 35.2 Å². The summed E-state index contributed by atoms with van der Waals surface area (Å²) in [7, 11) is 0. The number of rotatable bonds is 4. The van der Waals surface area contributed by atoms with Crippen molar-refractivity contribution in [2.75, 3.05) is 0 Å². The Labute approximate surface area is 134 Å². The first-order chi connectivity index (χ1) is 9.88. The number of ether oxygens (including phenoxy) is 1. The van der Waals surface area contributed by atoms with Crippen molar-refractivity contribution in [3.8, 4) is 5.75 Å². The van der Waals surface area contributed by atoms with Gasteiger partial charge in [-0.1, -0.05) is 44.9 Å². The van der Waals surface area contributed by atoms with E-state index in [1.807, 2.05) is 25.1 Å². The average Bonchev–Trinajstić information content (AvgIpc) is 2.37. The molecule has 1 fully saturated rings. The Kier molecular flexibility index (Phi) is 5.56. The Hall–Kier alpha value is -0.730. The maximum atomic E-state index is 6.31. The number of hydrogen-bond donors (Lipinski definition) is 1. The highest BCUT2D eigenvalue weighted by Crippen LogP contribution is 2.37. The standard InChI is InChI=1S/C18H28ClNO/c1-11(2)15-7-5-12(3)9-18(15)21-14-6-8-16(13(4)20)17(19)10-14/h6,8,10-13,15,18H,5,7,9,20H2,1-4H3. The molecule has 0 radical (unpaired) electrons. The van der Waals surface area contributed by atoms with Crippen LogP contribution in [0, 0.1) is 17.8 Å². The third-order valence-corrected chi connectivity index (χ3v) is 5.04. The molecular formula is C18H28ClNO. The molecule has 0 heterocycles. The van der Waals surface area contributed by atoms with E-state index >= 15 is 0 Å². The summed E-state index contributed by atoms with van der Waals surface area (Å²) < 4.78 is 6.29. The van der Waals surface area contributed by atoms with Crippen molar-refractivity contribution >= 4 is 11.6 Å². The molecule has 0 amide bonds. The fourth-order valence-electron chi connectivity index (χ4n) is 3.38. The van der Waals surface area contributed by atoms with Gasteiger partial charge in [0.1, 0.15) is 11.9 Å². The molecule has 1 aromatic rings. The highest BCUT2D eigenvalue weighted by molar-refractivity contribution is 6.31. The smallest absolute Gasteiger partial charge is 0.121 e. The first-order valence-corrected chi connectivity index (χ1v) is 8.48. The predicted octanol–water partition coefficient (Wildman–Crippen LogP) is 5.20. The molecule has 2 N–H and O–H groups in total. The van der Waals surface area contributed by atoms with Crippen molar-refractivity contribution in [1.29, 1.82) is 0 Å². The minimum absolute atomic E-state index is 0.0512. The van der Waals surface area contributed by atoms with E-state index in [4.69, 9.17) is 22.1 Å². The van der Waals surface area contributed by atoms with Gasteiger partial charge in [0, 0.05) is 11.1 Å². The Morgan fingerprint density at radius 1 is 1.24 bits per heavy atom. The van der Waals surface area contributed by atoms with Crippen molar-refractivity contribution in [2.24, 2.45) is 23.5 Å².